The van der Waals surface area contributed by atoms with Gasteiger partial charge in [-0.2, -0.15) is 0 Å². The Morgan fingerprint density at radius 1 is 1.28 bits per heavy atom. The molecule has 0 saturated heterocycles. The lowest BCUT2D eigenvalue weighted by atomic mass is 10.1. The molecule has 0 atom stereocenters. The molecule has 3 aromatic rings. The molecule has 0 bridgehead atoms. The summed E-state index contributed by atoms with van der Waals surface area (Å²) in [5.41, 5.74) is 8.01. The summed E-state index contributed by atoms with van der Waals surface area (Å²) >= 11 is 6.65. The van der Waals surface area contributed by atoms with Crippen molar-refractivity contribution in [2.45, 2.75) is 26.3 Å². The second kappa shape index (κ2) is 7.36. The fourth-order valence-electron chi connectivity index (χ4n) is 3.17. The number of fused-ring (bicyclic) bond motifs is 1. The Morgan fingerprint density at radius 3 is 2.59 bits per heavy atom. The number of rotatable bonds is 4. The van der Waals surface area contributed by atoms with Crippen LogP contribution >= 0.6 is 11.6 Å². The Hall–Kier alpha value is -3.13. The normalized spacial score (nSPS) is 11.5. The van der Waals surface area contributed by atoms with E-state index in [4.69, 9.17) is 22.7 Å². The van der Waals surface area contributed by atoms with Crippen molar-refractivity contribution in [1.29, 1.82) is 5.41 Å². The van der Waals surface area contributed by atoms with Gasteiger partial charge in [-0.15, -0.1) is 0 Å². The van der Waals surface area contributed by atoms with Crippen molar-refractivity contribution < 1.29 is 4.79 Å². The number of aromatic nitrogens is 3. The van der Waals surface area contributed by atoms with Crippen molar-refractivity contribution in [1.82, 2.24) is 19.9 Å². The maximum Gasteiger partial charge on any atom is 0.251 e. The smallest absolute Gasteiger partial charge is 0.251 e. The molecule has 5 N–H and O–H groups in total. The van der Waals surface area contributed by atoms with Gasteiger partial charge in [0.05, 0.1) is 27.5 Å². The van der Waals surface area contributed by atoms with Crippen molar-refractivity contribution in [3.05, 3.63) is 46.4 Å². The molecule has 152 valence electrons. The van der Waals surface area contributed by atoms with E-state index in [1.54, 1.807) is 36.9 Å². The van der Waals surface area contributed by atoms with E-state index in [1.807, 2.05) is 20.8 Å². The average Bonchev–Trinajstić information content (AvgIpc) is 2.89. The maximum absolute atomic E-state index is 12.0. The zero-order chi connectivity index (χ0) is 21.5. The van der Waals surface area contributed by atoms with E-state index in [9.17, 15) is 4.79 Å². The van der Waals surface area contributed by atoms with Gasteiger partial charge in [0.15, 0.2) is 0 Å². The van der Waals surface area contributed by atoms with Crippen LogP contribution in [0.3, 0.4) is 0 Å². The molecule has 1 amide bonds. The second-order valence-corrected chi connectivity index (χ2v) is 8.14. The molecule has 0 radical (unpaired) electrons. The van der Waals surface area contributed by atoms with Crippen LogP contribution in [0, 0.1) is 5.41 Å². The molecular weight excluding hydrogens is 390 g/mol. The molecule has 0 aliphatic rings. The molecule has 2 aromatic heterocycles. The quantitative estimate of drug-likeness (QED) is 0.489. The van der Waals surface area contributed by atoms with Gasteiger partial charge in [-0.25, -0.2) is 9.97 Å². The summed E-state index contributed by atoms with van der Waals surface area (Å²) in [5.74, 6) is 0.449. The maximum atomic E-state index is 12.0. The Labute approximate surface area is 174 Å². The van der Waals surface area contributed by atoms with Gasteiger partial charge in [-0.05, 0) is 32.9 Å². The van der Waals surface area contributed by atoms with Gasteiger partial charge in [-0.1, -0.05) is 17.7 Å². The first kappa shape index (κ1) is 20.6. The monoisotopic (exact) mass is 413 g/mol. The Morgan fingerprint density at radius 2 is 1.97 bits per heavy atom. The number of anilines is 2. The molecule has 3 rings (SSSR count). The summed E-state index contributed by atoms with van der Waals surface area (Å²) < 4.78 is 1.78. The van der Waals surface area contributed by atoms with Crippen LogP contribution in [0.25, 0.3) is 10.9 Å². The average molecular weight is 414 g/mol. The molecule has 0 aliphatic carbocycles. The van der Waals surface area contributed by atoms with Gasteiger partial charge in [0.25, 0.3) is 5.91 Å². The Kier molecular flexibility index (Phi) is 5.23. The summed E-state index contributed by atoms with van der Waals surface area (Å²) in [6.45, 7) is 5.97. The van der Waals surface area contributed by atoms with Crippen LogP contribution < -0.4 is 16.4 Å². The zero-order valence-electron chi connectivity index (χ0n) is 17.0. The molecule has 1 aromatic carbocycles. The van der Waals surface area contributed by atoms with E-state index < -0.39 is 0 Å². The van der Waals surface area contributed by atoms with E-state index in [0.717, 1.165) is 10.9 Å². The SMILES string of the molecule is CNC(=O)c1ccc2c(Cl)c(C(=N)c3c(N)ncnc3NC(C)(C)C)n(C)c2c1. The number of hydrogen-bond acceptors (Lipinski definition) is 6. The van der Waals surface area contributed by atoms with Gasteiger partial charge < -0.3 is 20.9 Å². The minimum Gasteiger partial charge on any atom is -0.383 e. The highest BCUT2D eigenvalue weighted by Crippen LogP contribution is 2.34. The molecule has 29 heavy (non-hydrogen) atoms. The van der Waals surface area contributed by atoms with Gasteiger partial charge in [0.2, 0.25) is 0 Å². The van der Waals surface area contributed by atoms with Crippen LogP contribution in [-0.4, -0.2) is 38.7 Å². The number of nitrogens with two attached hydrogens (primary N) is 1. The molecule has 0 saturated carbocycles. The highest BCUT2D eigenvalue weighted by molar-refractivity contribution is 6.40. The van der Waals surface area contributed by atoms with Crippen LogP contribution in [0.2, 0.25) is 5.02 Å². The highest BCUT2D eigenvalue weighted by atomic mass is 35.5. The number of nitrogens with zero attached hydrogens (tertiary/aromatic N) is 3. The van der Waals surface area contributed by atoms with Crippen LogP contribution in [-0.2, 0) is 7.05 Å². The summed E-state index contributed by atoms with van der Waals surface area (Å²) in [4.78, 5) is 20.3. The van der Waals surface area contributed by atoms with Gasteiger partial charge >= 0.3 is 0 Å². The summed E-state index contributed by atoms with van der Waals surface area (Å²) in [6, 6.07) is 5.22. The number of benzene rings is 1. The largest absolute Gasteiger partial charge is 0.383 e. The topological polar surface area (TPSA) is 122 Å². The predicted octanol–water partition coefficient (Wildman–Crippen LogP) is 3.19. The minimum atomic E-state index is -0.291. The van der Waals surface area contributed by atoms with Crippen molar-refractivity contribution in [3.8, 4) is 0 Å². The van der Waals surface area contributed by atoms with E-state index in [0.29, 0.717) is 27.7 Å². The van der Waals surface area contributed by atoms with E-state index in [2.05, 4.69) is 20.6 Å². The van der Waals surface area contributed by atoms with Gasteiger partial charge in [-0.3, -0.25) is 10.2 Å². The molecule has 0 unspecified atom stereocenters. The Balaban J connectivity index is 2.20. The molecule has 0 fully saturated rings. The third-order valence-corrected chi connectivity index (χ3v) is 4.87. The number of hydrogen-bond donors (Lipinski definition) is 4. The van der Waals surface area contributed by atoms with E-state index >= 15 is 0 Å². The van der Waals surface area contributed by atoms with Crippen molar-refractivity contribution in [2.75, 3.05) is 18.1 Å². The molecule has 0 aliphatic heterocycles. The highest BCUT2D eigenvalue weighted by Gasteiger charge is 2.25. The second-order valence-electron chi connectivity index (χ2n) is 7.77. The van der Waals surface area contributed by atoms with E-state index in [1.165, 1.54) is 6.33 Å². The first-order valence-corrected chi connectivity index (χ1v) is 9.41. The number of halogens is 1. The summed E-state index contributed by atoms with van der Waals surface area (Å²) in [5, 5.41) is 15.9. The first-order chi connectivity index (χ1) is 13.5. The summed E-state index contributed by atoms with van der Waals surface area (Å²) in [7, 11) is 3.37. The number of aryl methyl sites for hydroxylation is 1. The Bertz CT molecular complexity index is 1130. The van der Waals surface area contributed by atoms with Crippen LogP contribution in [0.4, 0.5) is 11.6 Å². The fraction of sp³-hybridized carbons (Fsp3) is 0.300. The number of amides is 1. The number of nitrogen functional groups attached to an aromatic ring is 1. The van der Waals surface area contributed by atoms with Crippen molar-refractivity contribution in [3.63, 3.8) is 0 Å². The predicted molar refractivity (Wildman–Crippen MR) is 117 cm³/mol. The van der Waals surface area contributed by atoms with Gasteiger partial charge in [0.1, 0.15) is 18.0 Å². The van der Waals surface area contributed by atoms with Crippen molar-refractivity contribution >= 4 is 45.8 Å². The lowest BCUT2D eigenvalue weighted by Crippen LogP contribution is -2.29. The molecule has 9 heteroatoms. The molecule has 2 heterocycles. The zero-order valence-corrected chi connectivity index (χ0v) is 17.8. The minimum absolute atomic E-state index is 0.0973. The van der Waals surface area contributed by atoms with Crippen LogP contribution in [0.1, 0.15) is 42.4 Å². The lowest BCUT2D eigenvalue weighted by Gasteiger charge is -2.23. The standard InChI is InChI=1S/C20H24ClN7O/c1-20(2,3)27-18-13(17(23)25-9-26-18)15(22)16-14(21)11-7-6-10(19(29)24-4)8-12(11)28(16)5/h6-9,22H,1-5H3,(H,24,29)(H3,23,25,26,27). The molecular formula is C20H24ClN7O. The third kappa shape index (κ3) is 3.75. The molecule has 8 nitrogen and oxygen atoms in total. The van der Waals surface area contributed by atoms with Crippen LogP contribution in [0.15, 0.2) is 24.5 Å². The fourth-order valence-corrected chi connectivity index (χ4v) is 3.55. The third-order valence-electron chi connectivity index (χ3n) is 4.48. The molecule has 0 spiro atoms. The first-order valence-electron chi connectivity index (χ1n) is 9.03. The van der Waals surface area contributed by atoms with Crippen molar-refractivity contribution in [2.24, 2.45) is 7.05 Å². The number of nitrogens with one attached hydrogen (secondary N) is 3. The van der Waals surface area contributed by atoms with E-state index in [-0.39, 0.29) is 23.0 Å². The van der Waals surface area contributed by atoms with Gasteiger partial charge in [0, 0.05) is 30.6 Å². The number of carbonyl (C=O) groups is 1. The van der Waals surface area contributed by atoms with Crippen LogP contribution in [0.5, 0.6) is 0 Å². The number of carbonyl (C=O) groups excluding carboxylic acids is 1. The lowest BCUT2D eigenvalue weighted by molar-refractivity contribution is 0.0963. The summed E-state index contributed by atoms with van der Waals surface area (Å²) in [6.07, 6.45) is 1.36.